The minimum atomic E-state index is 0.156. The zero-order chi connectivity index (χ0) is 11.3. The monoisotopic (exact) mass is 207 g/mol. The molecular formula is C13H21NO. The summed E-state index contributed by atoms with van der Waals surface area (Å²) in [5, 5.41) is 3.46. The van der Waals surface area contributed by atoms with E-state index in [1.54, 1.807) is 7.11 Å². The maximum atomic E-state index is 5.29. The van der Waals surface area contributed by atoms with E-state index < -0.39 is 0 Å². The highest BCUT2D eigenvalue weighted by Gasteiger charge is 2.05. The molecule has 0 fully saturated rings. The van der Waals surface area contributed by atoms with Crippen LogP contribution in [0.1, 0.15) is 38.9 Å². The standard InChI is InChI=1S/C13H21NO/c1-5-10(2)14-13-8-6-7-12(9-13)11(3)15-4/h6-11,14H,5H2,1-4H3. The van der Waals surface area contributed by atoms with E-state index in [1.807, 2.05) is 0 Å². The Morgan fingerprint density at radius 1 is 1.33 bits per heavy atom. The SMILES string of the molecule is CCC(C)Nc1cccc(C(C)OC)c1. The van der Waals surface area contributed by atoms with Crippen molar-refractivity contribution in [3.8, 4) is 0 Å². The summed E-state index contributed by atoms with van der Waals surface area (Å²) in [7, 11) is 1.74. The fraction of sp³-hybridized carbons (Fsp3) is 0.538. The lowest BCUT2D eigenvalue weighted by molar-refractivity contribution is 0.119. The zero-order valence-corrected chi connectivity index (χ0v) is 10.1. The van der Waals surface area contributed by atoms with Crippen molar-refractivity contribution < 1.29 is 4.74 Å². The quantitative estimate of drug-likeness (QED) is 0.796. The van der Waals surface area contributed by atoms with Gasteiger partial charge in [-0.05, 0) is 38.0 Å². The van der Waals surface area contributed by atoms with Gasteiger partial charge in [-0.3, -0.25) is 0 Å². The lowest BCUT2D eigenvalue weighted by Crippen LogP contribution is -2.13. The highest BCUT2D eigenvalue weighted by atomic mass is 16.5. The van der Waals surface area contributed by atoms with Crippen molar-refractivity contribution in [2.45, 2.75) is 39.3 Å². The molecular weight excluding hydrogens is 186 g/mol. The van der Waals surface area contributed by atoms with Gasteiger partial charge < -0.3 is 10.1 Å². The zero-order valence-electron chi connectivity index (χ0n) is 10.1. The normalized spacial score (nSPS) is 14.7. The molecule has 2 heteroatoms. The molecule has 0 heterocycles. The van der Waals surface area contributed by atoms with Crippen LogP contribution in [0.3, 0.4) is 0 Å². The fourth-order valence-electron chi connectivity index (χ4n) is 1.40. The maximum Gasteiger partial charge on any atom is 0.0793 e. The molecule has 15 heavy (non-hydrogen) atoms. The number of ether oxygens (including phenoxy) is 1. The van der Waals surface area contributed by atoms with Crippen LogP contribution in [-0.4, -0.2) is 13.2 Å². The minimum absolute atomic E-state index is 0.156. The van der Waals surface area contributed by atoms with Crippen molar-refractivity contribution >= 4 is 5.69 Å². The van der Waals surface area contributed by atoms with Gasteiger partial charge in [0.25, 0.3) is 0 Å². The van der Waals surface area contributed by atoms with E-state index in [4.69, 9.17) is 4.74 Å². The van der Waals surface area contributed by atoms with Gasteiger partial charge in [0.05, 0.1) is 6.10 Å². The highest BCUT2D eigenvalue weighted by Crippen LogP contribution is 2.20. The topological polar surface area (TPSA) is 21.3 Å². The largest absolute Gasteiger partial charge is 0.383 e. The molecule has 0 radical (unpaired) electrons. The number of anilines is 1. The van der Waals surface area contributed by atoms with Gasteiger partial charge in [0.15, 0.2) is 0 Å². The van der Waals surface area contributed by atoms with Gasteiger partial charge in [-0.15, -0.1) is 0 Å². The van der Waals surface area contributed by atoms with Crippen molar-refractivity contribution in [1.29, 1.82) is 0 Å². The first-order valence-corrected chi connectivity index (χ1v) is 5.56. The molecule has 0 aliphatic rings. The summed E-state index contributed by atoms with van der Waals surface area (Å²) in [6.45, 7) is 6.42. The molecule has 1 aromatic rings. The summed E-state index contributed by atoms with van der Waals surface area (Å²) < 4.78 is 5.29. The van der Waals surface area contributed by atoms with Crippen molar-refractivity contribution in [2.75, 3.05) is 12.4 Å². The number of hydrogen-bond donors (Lipinski definition) is 1. The Balaban J connectivity index is 2.74. The summed E-state index contributed by atoms with van der Waals surface area (Å²) >= 11 is 0. The molecule has 1 N–H and O–H groups in total. The summed E-state index contributed by atoms with van der Waals surface area (Å²) in [5.74, 6) is 0. The predicted molar refractivity (Wildman–Crippen MR) is 65.2 cm³/mol. The Morgan fingerprint density at radius 2 is 2.07 bits per heavy atom. The number of benzene rings is 1. The third-order valence-corrected chi connectivity index (χ3v) is 2.74. The maximum absolute atomic E-state index is 5.29. The average molecular weight is 207 g/mol. The lowest BCUT2D eigenvalue weighted by atomic mass is 10.1. The van der Waals surface area contributed by atoms with Crippen LogP contribution in [0, 0.1) is 0 Å². The molecule has 2 atom stereocenters. The van der Waals surface area contributed by atoms with E-state index in [-0.39, 0.29) is 6.10 Å². The summed E-state index contributed by atoms with van der Waals surface area (Å²) in [5.41, 5.74) is 2.39. The second kappa shape index (κ2) is 5.76. The third-order valence-electron chi connectivity index (χ3n) is 2.74. The van der Waals surface area contributed by atoms with Crippen LogP contribution in [0.15, 0.2) is 24.3 Å². The highest BCUT2D eigenvalue weighted by molar-refractivity contribution is 5.46. The van der Waals surface area contributed by atoms with Crippen molar-refractivity contribution in [3.05, 3.63) is 29.8 Å². The molecule has 0 aliphatic carbocycles. The molecule has 0 bridgehead atoms. The number of methoxy groups -OCH3 is 1. The van der Waals surface area contributed by atoms with Crippen molar-refractivity contribution in [3.63, 3.8) is 0 Å². The Labute approximate surface area is 92.6 Å². The summed E-state index contributed by atoms with van der Waals surface area (Å²) in [6.07, 6.45) is 1.29. The van der Waals surface area contributed by atoms with Crippen LogP contribution in [0.5, 0.6) is 0 Å². The van der Waals surface area contributed by atoms with Crippen molar-refractivity contribution in [2.24, 2.45) is 0 Å². The second-order valence-corrected chi connectivity index (χ2v) is 3.96. The van der Waals surface area contributed by atoms with Gasteiger partial charge in [0, 0.05) is 18.8 Å². The van der Waals surface area contributed by atoms with Gasteiger partial charge >= 0.3 is 0 Å². The van der Waals surface area contributed by atoms with Gasteiger partial charge in [-0.2, -0.15) is 0 Å². The van der Waals surface area contributed by atoms with Crippen molar-refractivity contribution in [1.82, 2.24) is 0 Å². The van der Waals surface area contributed by atoms with E-state index in [2.05, 4.69) is 50.4 Å². The van der Waals surface area contributed by atoms with Crippen LogP contribution < -0.4 is 5.32 Å². The molecule has 0 spiro atoms. The van der Waals surface area contributed by atoms with Crippen LogP contribution in [-0.2, 0) is 4.74 Å². The first-order valence-electron chi connectivity index (χ1n) is 5.56. The Morgan fingerprint density at radius 3 is 2.67 bits per heavy atom. The molecule has 2 nitrogen and oxygen atoms in total. The number of hydrogen-bond acceptors (Lipinski definition) is 2. The minimum Gasteiger partial charge on any atom is -0.383 e. The number of rotatable bonds is 5. The lowest BCUT2D eigenvalue weighted by Gasteiger charge is -2.15. The molecule has 1 aromatic carbocycles. The molecule has 84 valence electrons. The fourth-order valence-corrected chi connectivity index (χ4v) is 1.40. The third kappa shape index (κ3) is 3.56. The van der Waals surface area contributed by atoms with E-state index in [0.717, 1.165) is 6.42 Å². The van der Waals surface area contributed by atoms with Crippen LogP contribution in [0.25, 0.3) is 0 Å². The van der Waals surface area contributed by atoms with Gasteiger partial charge in [0.2, 0.25) is 0 Å². The average Bonchev–Trinajstić information content (AvgIpc) is 2.28. The predicted octanol–water partition coefficient (Wildman–Crippen LogP) is 3.60. The van der Waals surface area contributed by atoms with E-state index in [0.29, 0.717) is 6.04 Å². The molecule has 0 amide bonds. The summed E-state index contributed by atoms with van der Waals surface area (Å²) in [6, 6.07) is 8.92. The second-order valence-electron chi connectivity index (χ2n) is 3.96. The van der Waals surface area contributed by atoms with Gasteiger partial charge in [-0.25, -0.2) is 0 Å². The Bertz CT molecular complexity index is 298. The van der Waals surface area contributed by atoms with Gasteiger partial charge in [-0.1, -0.05) is 19.1 Å². The molecule has 0 saturated heterocycles. The van der Waals surface area contributed by atoms with Gasteiger partial charge in [0.1, 0.15) is 0 Å². The first kappa shape index (κ1) is 12.1. The number of nitrogens with one attached hydrogen (secondary N) is 1. The molecule has 0 aromatic heterocycles. The van der Waals surface area contributed by atoms with Crippen LogP contribution in [0.2, 0.25) is 0 Å². The Hall–Kier alpha value is -1.02. The van der Waals surface area contributed by atoms with Crippen LogP contribution >= 0.6 is 0 Å². The Kier molecular flexibility index (Phi) is 4.63. The van der Waals surface area contributed by atoms with E-state index >= 15 is 0 Å². The molecule has 1 rings (SSSR count). The van der Waals surface area contributed by atoms with E-state index in [1.165, 1.54) is 11.3 Å². The molecule has 0 aliphatic heterocycles. The van der Waals surface area contributed by atoms with Crippen LogP contribution in [0.4, 0.5) is 5.69 Å². The first-order chi connectivity index (χ1) is 7.17. The smallest absolute Gasteiger partial charge is 0.0793 e. The van der Waals surface area contributed by atoms with E-state index in [9.17, 15) is 0 Å². The molecule has 2 unspecified atom stereocenters. The summed E-state index contributed by atoms with van der Waals surface area (Å²) in [4.78, 5) is 0. The molecule has 0 saturated carbocycles.